The highest BCUT2D eigenvalue weighted by Crippen LogP contribution is 2.36. The van der Waals surface area contributed by atoms with Crippen LogP contribution in [0.3, 0.4) is 0 Å². The number of hydrogen-bond donors (Lipinski definition) is 1. The Labute approximate surface area is 110 Å². The lowest BCUT2D eigenvalue weighted by Gasteiger charge is -2.45. The molecule has 1 heterocycles. The van der Waals surface area contributed by atoms with Crippen LogP contribution in [-0.2, 0) is 0 Å². The Morgan fingerprint density at radius 1 is 1.06 bits per heavy atom. The van der Waals surface area contributed by atoms with Crippen molar-refractivity contribution in [2.45, 2.75) is 43.7 Å². The van der Waals surface area contributed by atoms with Gasteiger partial charge in [0.05, 0.1) is 0 Å². The van der Waals surface area contributed by atoms with E-state index in [0.717, 1.165) is 18.0 Å². The van der Waals surface area contributed by atoms with Gasteiger partial charge in [-0.2, -0.15) is 0 Å². The van der Waals surface area contributed by atoms with E-state index in [4.69, 9.17) is 0 Å². The molecule has 0 aromatic heterocycles. The molecule has 0 bridgehead atoms. The average Bonchev–Trinajstić information content (AvgIpc) is 2.38. The second-order valence-electron chi connectivity index (χ2n) is 5.85. The number of likely N-dealkylation sites (N-methyl/N-ethyl adjacent to an activating group) is 1. The number of nitrogens with zero attached hydrogens (tertiary/aromatic N) is 1. The number of benzene rings is 1. The SMILES string of the molecule is CN(C1CNC1)C1CCCCC1c1ccccc1. The maximum atomic E-state index is 3.39. The summed E-state index contributed by atoms with van der Waals surface area (Å²) in [5.74, 6) is 0.741. The van der Waals surface area contributed by atoms with Crippen molar-refractivity contribution in [3.63, 3.8) is 0 Å². The van der Waals surface area contributed by atoms with Crippen molar-refractivity contribution < 1.29 is 0 Å². The third kappa shape index (κ3) is 2.32. The molecule has 1 aliphatic heterocycles. The topological polar surface area (TPSA) is 15.3 Å². The average molecular weight is 244 g/mol. The maximum absolute atomic E-state index is 3.39. The minimum absolute atomic E-state index is 0.741. The first-order valence-electron chi connectivity index (χ1n) is 7.34. The summed E-state index contributed by atoms with van der Waals surface area (Å²) in [6.45, 7) is 2.35. The Kier molecular flexibility index (Phi) is 3.67. The van der Waals surface area contributed by atoms with Gasteiger partial charge < -0.3 is 5.32 Å². The van der Waals surface area contributed by atoms with Crippen LogP contribution in [0.4, 0.5) is 0 Å². The van der Waals surface area contributed by atoms with Crippen LogP contribution >= 0.6 is 0 Å². The van der Waals surface area contributed by atoms with Crippen molar-refractivity contribution in [2.75, 3.05) is 20.1 Å². The van der Waals surface area contributed by atoms with Crippen LogP contribution in [0.2, 0.25) is 0 Å². The van der Waals surface area contributed by atoms with Crippen LogP contribution in [0.1, 0.15) is 37.2 Å². The van der Waals surface area contributed by atoms with Crippen LogP contribution in [0.25, 0.3) is 0 Å². The predicted octanol–water partition coefficient (Wildman–Crippen LogP) is 2.62. The largest absolute Gasteiger partial charge is 0.314 e. The van der Waals surface area contributed by atoms with Crippen molar-refractivity contribution in [3.05, 3.63) is 35.9 Å². The fourth-order valence-corrected chi connectivity index (χ4v) is 3.52. The van der Waals surface area contributed by atoms with Gasteiger partial charge in [0.25, 0.3) is 0 Å². The van der Waals surface area contributed by atoms with Gasteiger partial charge in [-0.05, 0) is 31.4 Å². The summed E-state index contributed by atoms with van der Waals surface area (Å²) in [6.07, 6.45) is 5.52. The summed E-state index contributed by atoms with van der Waals surface area (Å²) >= 11 is 0. The summed E-state index contributed by atoms with van der Waals surface area (Å²) in [4.78, 5) is 2.65. The molecule has 2 fully saturated rings. The molecule has 2 nitrogen and oxygen atoms in total. The van der Waals surface area contributed by atoms with Crippen LogP contribution in [0.15, 0.2) is 30.3 Å². The molecule has 0 radical (unpaired) electrons. The van der Waals surface area contributed by atoms with Gasteiger partial charge in [-0.15, -0.1) is 0 Å². The molecule has 3 rings (SSSR count). The first-order valence-corrected chi connectivity index (χ1v) is 7.34. The third-order valence-corrected chi connectivity index (χ3v) is 4.82. The van der Waals surface area contributed by atoms with Gasteiger partial charge in [0, 0.05) is 25.2 Å². The van der Waals surface area contributed by atoms with Crippen LogP contribution in [0.5, 0.6) is 0 Å². The van der Waals surface area contributed by atoms with Crippen LogP contribution in [-0.4, -0.2) is 37.1 Å². The predicted molar refractivity (Wildman–Crippen MR) is 75.9 cm³/mol. The molecule has 18 heavy (non-hydrogen) atoms. The quantitative estimate of drug-likeness (QED) is 0.879. The Bertz CT molecular complexity index is 372. The molecule has 1 aliphatic carbocycles. The molecule has 1 saturated heterocycles. The molecule has 1 aromatic carbocycles. The number of hydrogen-bond acceptors (Lipinski definition) is 2. The minimum atomic E-state index is 0.741. The molecule has 0 amide bonds. The van der Waals surface area contributed by atoms with E-state index in [1.54, 1.807) is 5.56 Å². The molecule has 1 saturated carbocycles. The molecular weight excluding hydrogens is 220 g/mol. The number of rotatable bonds is 3. The zero-order chi connectivity index (χ0) is 12.4. The lowest BCUT2D eigenvalue weighted by Crippen LogP contribution is -2.59. The zero-order valence-electron chi connectivity index (χ0n) is 11.3. The van der Waals surface area contributed by atoms with Gasteiger partial charge in [-0.25, -0.2) is 0 Å². The highest BCUT2D eigenvalue weighted by atomic mass is 15.2. The first-order chi connectivity index (χ1) is 8.86. The van der Waals surface area contributed by atoms with Crippen molar-refractivity contribution in [2.24, 2.45) is 0 Å². The summed E-state index contributed by atoms with van der Waals surface area (Å²) in [5.41, 5.74) is 1.54. The summed E-state index contributed by atoms with van der Waals surface area (Å²) in [5, 5.41) is 3.39. The molecule has 2 atom stereocenters. The molecule has 1 N–H and O–H groups in total. The van der Waals surface area contributed by atoms with E-state index in [9.17, 15) is 0 Å². The monoisotopic (exact) mass is 244 g/mol. The molecule has 2 aliphatic rings. The van der Waals surface area contributed by atoms with E-state index < -0.39 is 0 Å². The molecular formula is C16H24N2. The van der Waals surface area contributed by atoms with Crippen LogP contribution in [0, 0.1) is 0 Å². The highest BCUT2D eigenvalue weighted by Gasteiger charge is 2.34. The summed E-state index contributed by atoms with van der Waals surface area (Å²) < 4.78 is 0. The van der Waals surface area contributed by atoms with Gasteiger partial charge in [-0.3, -0.25) is 4.90 Å². The van der Waals surface area contributed by atoms with E-state index in [2.05, 4.69) is 47.6 Å². The van der Waals surface area contributed by atoms with Crippen molar-refractivity contribution in [1.29, 1.82) is 0 Å². The first kappa shape index (κ1) is 12.2. The van der Waals surface area contributed by atoms with Gasteiger partial charge in [0.15, 0.2) is 0 Å². The van der Waals surface area contributed by atoms with Gasteiger partial charge in [0.2, 0.25) is 0 Å². The smallest absolute Gasteiger partial charge is 0.0345 e. The second kappa shape index (κ2) is 5.41. The lowest BCUT2D eigenvalue weighted by molar-refractivity contribution is 0.0881. The van der Waals surface area contributed by atoms with Crippen molar-refractivity contribution in [3.8, 4) is 0 Å². The van der Waals surface area contributed by atoms with Crippen molar-refractivity contribution >= 4 is 0 Å². The summed E-state index contributed by atoms with van der Waals surface area (Å²) in [7, 11) is 2.33. The van der Waals surface area contributed by atoms with E-state index >= 15 is 0 Å². The number of nitrogens with one attached hydrogen (secondary N) is 1. The van der Waals surface area contributed by atoms with Crippen molar-refractivity contribution in [1.82, 2.24) is 10.2 Å². The Morgan fingerprint density at radius 2 is 1.78 bits per heavy atom. The van der Waals surface area contributed by atoms with E-state index in [1.807, 2.05) is 0 Å². The Hall–Kier alpha value is -0.860. The Morgan fingerprint density at radius 3 is 2.44 bits per heavy atom. The molecule has 1 aromatic rings. The van der Waals surface area contributed by atoms with E-state index in [0.29, 0.717) is 0 Å². The third-order valence-electron chi connectivity index (χ3n) is 4.82. The molecule has 2 unspecified atom stereocenters. The Balaban J connectivity index is 1.77. The molecule has 0 spiro atoms. The highest BCUT2D eigenvalue weighted by molar-refractivity contribution is 5.22. The van der Waals surface area contributed by atoms with Crippen LogP contribution < -0.4 is 5.32 Å². The van der Waals surface area contributed by atoms with Gasteiger partial charge in [0.1, 0.15) is 0 Å². The molecule has 98 valence electrons. The minimum Gasteiger partial charge on any atom is -0.314 e. The lowest BCUT2D eigenvalue weighted by atomic mass is 9.78. The fraction of sp³-hybridized carbons (Fsp3) is 0.625. The van der Waals surface area contributed by atoms with E-state index in [1.165, 1.54) is 38.8 Å². The van der Waals surface area contributed by atoms with E-state index in [-0.39, 0.29) is 0 Å². The van der Waals surface area contributed by atoms with Gasteiger partial charge in [-0.1, -0.05) is 43.2 Å². The second-order valence-corrected chi connectivity index (χ2v) is 5.85. The standard InChI is InChI=1S/C16H24N2/c1-18(14-11-17-12-14)16-10-6-5-9-15(16)13-7-3-2-4-8-13/h2-4,7-8,14-17H,5-6,9-12H2,1H3. The zero-order valence-corrected chi connectivity index (χ0v) is 11.3. The maximum Gasteiger partial charge on any atom is 0.0345 e. The molecule has 2 heteroatoms. The normalized spacial score (nSPS) is 29.2. The van der Waals surface area contributed by atoms with Gasteiger partial charge >= 0.3 is 0 Å². The summed E-state index contributed by atoms with van der Waals surface area (Å²) in [6, 6.07) is 12.6. The fourth-order valence-electron chi connectivity index (χ4n) is 3.52.